The van der Waals surface area contributed by atoms with Crippen molar-refractivity contribution in [2.75, 3.05) is 19.6 Å². The van der Waals surface area contributed by atoms with E-state index in [1.54, 1.807) is 20.8 Å². The Morgan fingerprint density at radius 2 is 1.45 bits per heavy atom. The molecule has 0 spiro atoms. The molecule has 0 bridgehead atoms. The third-order valence-electron chi connectivity index (χ3n) is 3.36. The maximum atomic E-state index is 13.7. The Morgan fingerprint density at radius 1 is 0.966 bits per heavy atom. The lowest BCUT2D eigenvalue weighted by Gasteiger charge is -2.23. The molecule has 1 rings (SSSR count). The minimum Gasteiger partial charge on any atom is -0.480 e. The molecule has 0 heterocycles. The van der Waals surface area contributed by atoms with E-state index in [2.05, 4.69) is 5.32 Å². The van der Waals surface area contributed by atoms with Crippen LogP contribution < -0.4 is 5.32 Å². The molecule has 0 radical (unpaired) electrons. The fourth-order valence-corrected chi connectivity index (χ4v) is 2.13. The van der Waals surface area contributed by atoms with Crippen LogP contribution in [-0.4, -0.2) is 53.2 Å². The largest absolute Gasteiger partial charge is 0.480 e. The smallest absolute Gasteiger partial charge is 0.407 e. The lowest BCUT2D eigenvalue weighted by molar-refractivity contribution is -0.144. The van der Waals surface area contributed by atoms with E-state index < -0.39 is 77.7 Å². The molecule has 7 nitrogen and oxygen atoms in total. The van der Waals surface area contributed by atoms with Gasteiger partial charge in [0, 0.05) is 18.7 Å². The van der Waals surface area contributed by atoms with Crippen LogP contribution in [0, 0.1) is 29.1 Å². The number of aliphatic carboxylic acids is 1. The predicted octanol–water partition coefficient (Wildman–Crippen LogP) is 2.36. The molecule has 0 saturated heterocycles. The first-order valence-electron chi connectivity index (χ1n) is 8.21. The second kappa shape index (κ2) is 9.52. The minimum atomic E-state index is -2.37. The SMILES string of the molecule is CC(C)(C)OC(=O)NCCN(CC(=O)O)C(=O)Cc1c(F)c(F)c(F)c(F)c1F. The zero-order valence-corrected chi connectivity index (χ0v) is 15.7. The number of rotatable bonds is 7. The van der Waals surface area contributed by atoms with Crippen molar-refractivity contribution in [2.24, 2.45) is 0 Å². The van der Waals surface area contributed by atoms with Crippen molar-refractivity contribution in [1.29, 1.82) is 0 Å². The van der Waals surface area contributed by atoms with E-state index in [0.717, 1.165) is 0 Å². The Kier molecular flexibility index (Phi) is 7.92. The lowest BCUT2D eigenvalue weighted by atomic mass is 10.1. The highest BCUT2D eigenvalue weighted by Crippen LogP contribution is 2.23. The highest BCUT2D eigenvalue weighted by Gasteiger charge is 2.28. The quantitative estimate of drug-likeness (QED) is 0.397. The van der Waals surface area contributed by atoms with Gasteiger partial charge in [0.25, 0.3) is 0 Å². The molecule has 0 aliphatic carbocycles. The van der Waals surface area contributed by atoms with Gasteiger partial charge in [0.1, 0.15) is 12.1 Å². The van der Waals surface area contributed by atoms with E-state index in [9.17, 15) is 36.3 Å². The number of carbonyl (C=O) groups is 3. The van der Waals surface area contributed by atoms with Crippen molar-refractivity contribution in [1.82, 2.24) is 10.2 Å². The second-order valence-corrected chi connectivity index (χ2v) is 6.86. The van der Waals surface area contributed by atoms with Crippen LogP contribution in [0.1, 0.15) is 26.3 Å². The number of amides is 2. The van der Waals surface area contributed by atoms with Crippen LogP contribution in [0.25, 0.3) is 0 Å². The molecule has 0 unspecified atom stereocenters. The van der Waals surface area contributed by atoms with Crippen molar-refractivity contribution >= 4 is 18.0 Å². The summed E-state index contributed by atoms with van der Waals surface area (Å²) in [7, 11) is 0. The second-order valence-electron chi connectivity index (χ2n) is 6.86. The number of nitrogens with zero attached hydrogens (tertiary/aromatic N) is 1. The molecule has 29 heavy (non-hydrogen) atoms. The van der Waals surface area contributed by atoms with Crippen molar-refractivity contribution in [3.8, 4) is 0 Å². The molecule has 1 aromatic rings. The van der Waals surface area contributed by atoms with E-state index in [4.69, 9.17) is 9.84 Å². The maximum absolute atomic E-state index is 13.7. The summed E-state index contributed by atoms with van der Waals surface area (Å²) in [6.07, 6.45) is -2.13. The molecule has 0 aliphatic rings. The molecule has 0 fully saturated rings. The van der Waals surface area contributed by atoms with Gasteiger partial charge in [-0.3, -0.25) is 9.59 Å². The number of carboxylic acid groups (broad SMARTS) is 1. The van der Waals surface area contributed by atoms with Gasteiger partial charge in [0.15, 0.2) is 23.3 Å². The molecule has 0 aromatic heterocycles. The number of ether oxygens (including phenoxy) is 1. The van der Waals surface area contributed by atoms with Gasteiger partial charge >= 0.3 is 12.1 Å². The van der Waals surface area contributed by atoms with E-state index in [0.29, 0.717) is 4.90 Å². The molecule has 2 amide bonds. The zero-order chi connectivity index (χ0) is 22.5. The van der Waals surface area contributed by atoms with Gasteiger partial charge in [0.2, 0.25) is 11.7 Å². The number of benzene rings is 1. The number of alkyl carbamates (subject to hydrolysis) is 1. The van der Waals surface area contributed by atoms with E-state index in [1.807, 2.05) is 0 Å². The van der Waals surface area contributed by atoms with Crippen LogP contribution in [0.5, 0.6) is 0 Å². The topological polar surface area (TPSA) is 95.9 Å². The third-order valence-corrected chi connectivity index (χ3v) is 3.36. The Morgan fingerprint density at radius 3 is 1.90 bits per heavy atom. The van der Waals surface area contributed by atoms with Crippen LogP contribution in [0.15, 0.2) is 0 Å². The van der Waals surface area contributed by atoms with Crippen molar-refractivity contribution < 1.29 is 46.2 Å². The van der Waals surface area contributed by atoms with E-state index in [-0.39, 0.29) is 6.54 Å². The molecule has 162 valence electrons. The number of hydrogen-bond acceptors (Lipinski definition) is 4. The van der Waals surface area contributed by atoms with Crippen molar-refractivity contribution in [2.45, 2.75) is 32.8 Å². The third kappa shape index (κ3) is 6.88. The molecule has 1 aromatic carbocycles. The normalized spacial score (nSPS) is 11.2. The number of nitrogens with one attached hydrogen (secondary N) is 1. The molecule has 0 atom stereocenters. The molecular formula is C17H19F5N2O5. The summed E-state index contributed by atoms with van der Waals surface area (Å²) in [4.78, 5) is 35.3. The summed E-state index contributed by atoms with van der Waals surface area (Å²) in [5.74, 6) is -13.9. The molecule has 12 heteroatoms. The Bertz CT molecular complexity index is 781. The first-order valence-corrected chi connectivity index (χ1v) is 8.21. The monoisotopic (exact) mass is 426 g/mol. The average Bonchev–Trinajstić information content (AvgIpc) is 2.59. The highest BCUT2D eigenvalue weighted by atomic mass is 19.2. The number of halogens is 5. The number of hydrogen-bond donors (Lipinski definition) is 2. The lowest BCUT2D eigenvalue weighted by Crippen LogP contribution is -2.43. The van der Waals surface area contributed by atoms with Crippen LogP contribution in [0.3, 0.4) is 0 Å². The van der Waals surface area contributed by atoms with Gasteiger partial charge in [-0.15, -0.1) is 0 Å². The van der Waals surface area contributed by atoms with Crippen LogP contribution >= 0.6 is 0 Å². The summed E-state index contributed by atoms with van der Waals surface area (Å²) in [5.41, 5.74) is -2.20. The summed E-state index contributed by atoms with van der Waals surface area (Å²) in [6.45, 7) is 3.15. The van der Waals surface area contributed by atoms with Gasteiger partial charge < -0.3 is 20.1 Å². The standard InChI is InChI=1S/C17H19F5N2O5/c1-17(2,3)29-16(28)23-4-5-24(7-10(26)27)9(25)6-8-11(18)13(20)15(22)14(21)12(8)19/h4-7H2,1-3H3,(H,23,28)(H,26,27). The summed E-state index contributed by atoms with van der Waals surface area (Å²) in [6, 6.07) is 0. The summed E-state index contributed by atoms with van der Waals surface area (Å²) >= 11 is 0. The van der Waals surface area contributed by atoms with Crippen LogP contribution in [-0.2, 0) is 20.7 Å². The summed E-state index contributed by atoms with van der Waals surface area (Å²) < 4.78 is 72.0. The number of carboxylic acids is 1. The van der Waals surface area contributed by atoms with Crippen molar-refractivity contribution in [3.63, 3.8) is 0 Å². The molecule has 2 N–H and O–H groups in total. The van der Waals surface area contributed by atoms with Gasteiger partial charge in [-0.2, -0.15) is 0 Å². The van der Waals surface area contributed by atoms with Gasteiger partial charge in [-0.25, -0.2) is 26.7 Å². The van der Waals surface area contributed by atoms with Gasteiger partial charge in [0.05, 0.1) is 6.42 Å². The van der Waals surface area contributed by atoms with E-state index >= 15 is 0 Å². The molecule has 0 saturated carbocycles. The fourth-order valence-electron chi connectivity index (χ4n) is 2.13. The minimum absolute atomic E-state index is 0.287. The van der Waals surface area contributed by atoms with Crippen LogP contribution in [0.2, 0.25) is 0 Å². The maximum Gasteiger partial charge on any atom is 0.407 e. The Labute approximate surface area is 162 Å². The average molecular weight is 426 g/mol. The zero-order valence-electron chi connectivity index (χ0n) is 15.7. The first kappa shape index (κ1) is 24.1. The van der Waals surface area contributed by atoms with Gasteiger partial charge in [-0.1, -0.05) is 0 Å². The predicted molar refractivity (Wildman–Crippen MR) is 88.4 cm³/mol. The summed E-state index contributed by atoms with van der Waals surface area (Å²) in [5, 5.41) is 11.1. The fraction of sp³-hybridized carbons (Fsp3) is 0.471. The molecule has 0 aliphatic heterocycles. The molecular weight excluding hydrogens is 407 g/mol. The Hall–Kier alpha value is -2.92. The van der Waals surface area contributed by atoms with Crippen LogP contribution in [0.4, 0.5) is 26.7 Å². The van der Waals surface area contributed by atoms with Crippen molar-refractivity contribution in [3.05, 3.63) is 34.6 Å². The first-order chi connectivity index (χ1) is 13.2. The highest BCUT2D eigenvalue weighted by molar-refractivity contribution is 5.83. The van der Waals surface area contributed by atoms with E-state index in [1.165, 1.54) is 0 Å². The Balaban J connectivity index is 2.91. The number of carbonyl (C=O) groups excluding carboxylic acids is 2. The van der Waals surface area contributed by atoms with Gasteiger partial charge in [-0.05, 0) is 20.8 Å².